The summed E-state index contributed by atoms with van der Waals surface area (Å²) in [6.45, 7) is 8.29. The minimum atomic E-state index is -0.364. The van der Waals surface area contributed by atoms with Crippen LogP contribution >= 0.6 is 22.6 Å². The summed E-state index contributed by atoms with van der Waals surface area (Å²) in [7, 11) is -0.364. The molecule has 20 aromatic rings. The Morgan fingerprint density at radius 2 is 0.571 bits per heavy atom. The summed E-state index contributed by atoms with van der Waals surface area (Å²) in [5, 5.41) is 10.2. The SMILES string of the molecule is C.CC1(C)OB(c2ccc(-c3nc4ccccc4n3-c3ccccc3)cc2)OC1(C)C.F.Ic1cccc2cccc(-c3ccc(-n4c5ccccc5c5ccccc54)cc3)c12.c1ccc(-n2c(-c3ccc(-c4cccc5cccc(-c6ccc(-n7c8ccccc8c8ccccc87)cc6)c45)cc3)nc3ccccc32)cc1. The molecule has 21 rings (SSSR count). The molecule has 5 heterocycles. The molecule has 1 saturated heterocycles. The molecule has 0 N–H and O–H groups in total. The van der Waals surface area contributed by atoms with Gasteiger partial charge in [-0.25, -0.2) is 9.97 Å². The van der Waals surface area contributed by atoms with Gasteiger partial charge in [0.1, 0.15) is 11.6 Å². The van der Waals surface area contributed by atoms with Gasteiger partial charge in [-0.05, 0) is 208 Å². The fraction of sp³-hybridized carbons (Fsp3) is 0.0693. The van der Waals surface area contributed by atoms with Gasteiger partial charge < -0.3 is 18.4 Å². The van der Waals surface area contributed by atoms with Crippen molar-refractivity contribution in [3.8, 4) is 78.9 Å². The zero-order valence-corrected chi connectivity index (χ0v) is 63.8. The lowest BCUT2D eigenvalue weighted by molar-refractivity contribution is 0.00578. The Morgan fingerprint density at radius 1 is 0.277 bits per heavy atom. The Hall–Kier alpha value is -12.8. The van der Waals surface area contributed by atoms with Crippen LogP contribution in [0.25, 0.3) is 166 Å². The molecule has 542 valence electrons. The fourth-order valence-corrected chi connectivity index (χ4v) is 16.8. The lowest BCUT2D eigenvalue weighted by Crippen LogP contribution is -2.41. The number of benzene rings is 16. The first-order chi connectivity index (χ1) is 54.0. The van der Waals surface area contributed by atoms with Gasteiger partial charge in [-0.1, -0.05) is 280 Å². The zero-order chi connectivity index (χ0) is 74.0. The summed E-state index contributed by atoms with van der Waals surface area (Å²) in [6, 6.07) is 134. The number of hydrogen-bond acceptors (Lipinski definition) is 4. The van der Waals surface area contributed by atoms with Crippen molar-refractivity contribution in [1.82, 2.24) is 28.2 Å². The van der Waals surface area contributed by atoms with E-state index in [1.165, 1.54) is 108 Å². The van der Waals surface area contributed by atoms with E-state index in [9.17, 15) is 0 Å². The third kappa shape index (κ3) is 12.9. The van der Waals surface area contributed by atoms with Crippen molar-refractivity contribution in [3.05, 3.63) is 380 Å². The molecule has 16 aromatic carbocycles. The number of imidazole rings is 2. The van der Waals surface area contributed by atoms with Crippen LogP contribution in [0.4, 0.5) is 4.70 Å². The van der Waals surface area contributed by atoms with Gasteiger partial charge in [0.2, 0.25) is 0 Å². The van der Waals surface area contributed by atoms with Crippen molar-refractivity contribution < 1.29 is 14.0 Å². The number of para-hydroxylation sites is 10. The van der Waals surface area contributed by atoms with Crippen LogP contribution < -0.4 is 5.46 Å². The lowest BCUT2D eigenvalue weighted by Gasteiger charge is -2.32. The molecule has 8 nitrogen and oxygen atoms in total. The Kier molecular flexibility index (Phi) is 19.2. The second kappa shape index (κ2) is 29.9. The highest BCUT2D eigenvalue weighted by atomic mass is 127. The molecule has 0 aliphatic carbocycles. The summed E-state index contributed by atoms with van der Waals surface area (Å²) >= 11 is 2.44. The van der Waals surface area contributed by atoms with E-state index in [2.05, 4.69) is 426 Å². The molecule has 1 aliphatic heterocycles. The van der Waals surface area contributed by atoms with Gasteiger partial charge in [0.25, 0.3) is 0 Å². The lowest BCUT2D eigenvalue weighted by atomic mass is 9.79. The molecule has 0 unspecified atom stereocenters. The predicted molar refractivity (Wildman–Crippen MR) is 477 cm³/mol. The van der Waals surface area contributed by atoms with E-state index < -0.39 is 0 Å². The smallest absolute Gasteiger partial charge is 0.399 e. The number of hydrogen-bond donors (Lipinski definition) is 0. The van der Waals surface area contributed by atoms with Crippen LogP contribution in [-0.2, 0) is 9.31 Å². The molecule has 112 heavy (non-hydrogen) atoms. The molecule has 0 saturated carbocycles. The molecular weight excluding hydrogens is 1490 g/mol. The summed E-state index contributed by atoms with van der Waals surface area (Å²) in [4.78, 5) is 10.0. The van der Waals surface area contributed by atoms with Crippen molar-refractivity contribution in [2.24, 2.45) is 0 Å². The highest BCUT2D eigenvalue weighted by Crippen LogP contribution is 2.42. The molecule has 11 heteroatoms. The van der Waals surface area contributed by atoms with Crippen LogP contribution in [0.3, 0.4) is 0 Å². The van der Waals surface area contributed by atoms with Crippen molar-refractivity contribution in [2.45, 2.75) is 46.3 Å². The molecule has 4 aromatic heterocycles. The highest BCUT2D eigenvalue weighted by molar-refractivity contribution is 14.1. The standard InChI is InChI=1S/C47H31N3.C28H18IN.C25H25BN2O2.CH4.FH/c1-2-14-36(15-3-1)50-45-23-9-6-20-42(45)48-47(50)35-26-24-32(25-27-35)38-18-10-12-34-13-11-19-39(46(34)38)33-28-30-37(31-29-33)49-43-21-7-4-16-40(43)41-17-5-8-22-44(41)49;29-25-12-6-8-20-7-5-11-22(28(20)25)19-15-17-21(18-16-19)30-26-13-3-1-9-23(26)24-10-2-4-14-27(24)30;1-24(2)25(3,4)30-26(29-24)19-16-14-18(15-17-19)23-27-21-12-8-9-13-22(21)28(23)20-10-6-5-7-11-20;;/h1-31H;1-18H;5-17H,1-4H3;1H4;1H. The first kappa shape index (κ1) is 72.1. The second-order valence-electron chi connectivity index (χ2n) is 29.2. The number of rotatable bonds is 10. The largest absolute Gasteiger partial charge is 0.494 e. The van der Waals surface area contributed by atoms with Crippen LogP contribution in [0.15, 0.2) is 376 Å². The zero-order valence-electron chi connectivity index (χ0n) is 61.7. The van der Waals surface area contributed by atoms with Crippen molar-refractivity contribution >= 4 is 122 Å². The number of aromatic nitrogens is 6. The Bertz CT molecular complexity index is 6720. The second-order valence-corrected chi connectivity index (χ2v) is 30.3. The topological polar surface area (TPSA) is 64.0 Å². The number of halogens is 2. The molecule has 1 aliphatic rings. The van der Waals surface area contributed by atoms with Crippen molar-refractivity contribution in [1.29, 1.82) is 0 Å². The monoisotopic (exact) mass is 1560 g/mol. The van der Waals surface area contributed by atoms with Gasteiger partial charge in [0.05, 0.1) is 55.3 Å². The van der Waals surface area contributed by atoms with Gasteiger partial charge in [0, 0.05) is 64.4 Å². The van der Waals surface area contributed by atoms with Crippen LogP contribution in [0, 0.1) is 3.57 Å². The molecule has 0 radical (unpaired) electrons. The van der Waals surface area contributed by atoms with Gasteiger partial charge in [-0.2, -0.15) is 0 Å². The highest BCUT2D eigenvalue weighted by Gasteiger charge is 2.51. The maximum absolute atomic E-state index is 6.19. The summed E-state index contributed by atoms with van der Waals surface area (Å²) < 4.78 is 22.9. The van der Waals surface area contributed by atoms with E-state index in [1.807, 2.05) is 18.2 Å². The van der Waals surface area contributed by atoms with Gasteiger partial charge in [0.15, 0.2) is 0 Å². The van der Waals surface area contributed by atoms with Gasteiger partial charge >= 0.3 is 7.12 Å². The van der Waals surface area contributed by atoms with Crippen LogP contribution in [-0.4, -0.2) is 46.6 Å². The van der Waals surface area contributed by atoms with Crippen molar-refractivity contribution in [2.75, 3.05) is 0 Å². The Balaban J connectivity index is 0.000000128. The summed E-state index contributed by atoms with van der Waals surface area (Å²) in [5.74, 6) is 1.86. The maximum Gasteiger partial charge on any atom is 0.494 e. The molecule has 0 amide bonds. The van der Waals surface area contributed by atoms with Crippen molar-refractivity contribution in [3.63, 3.8) is 0 Å². The minimum Gasteiger partial charge on any atom is -0.399 e. The minimum absolute atomic E-state index is 0. The molecule has 0 atom stereocenters. The normalized spacial score (nSPS) is 13.0. The van der Waals surface area contributed by atoms with E-state index in [4.69, 9.17) is 19.3 Å². The average molecular weight is 1570 g/mol. The van der Waals surface area contributed by atoms with Crippen LogP contribution in [0.5, 0.6) is 0 Å². The third-order valence-corrected chi connectivity index (χ3v) is 23.0. The molecule has 0 spiro atoms. The Labute approximate surface area is 664 Å². The molecular formula is C101H79BFIN6O2. The number of fused-ring (bicyclic) bond motifs is 10. The molecule has 0 bridgehead atoms. The quantitative estimate of drug-likeness (QED) is 0.101. The summed E-state index contributed by atoms with van der Waals surface area (Å²) in [5.41, 5.74) is 23.4. The Morgan fingerprint density at radius 3 is 0.964 bits per heavy atom. The average Bonchev–Trinajstić information content (AvgIpc) is 1.75. The van der Waals surface area contributed by atoms with Crippen LogP contribution in [0.2, 0.25) is 0 Å². The molecule has 1 fully saturated rings. The van der Waals surface area contributed by atoms with E-state index in [1.54, 1.807) is 0 Å². The van der Waals surface area contributed by atoms with E-state index in [-0.39, 0.29) is 30.5 Å². The number of nitrogens with zero attached hydrogens (tertiary/aromatic N) is 6. The van der Waals surface area contributed by atoms with Gasteiger partial charge in [-0.3, -0.25) is 13.8 Å². The van der Waals surface area contributed by atoms with E-state index in [0.29, 0.717) is 0 Å². The van der Waals surface area contributed by atoms with Gasteiger partial charge in [-0.15, -0.1) is 0 Å². The van der Waals surface area contributed by atoms with Crippen LogP contribution in [0.1, 0.15) is 35.1 Å². The maximum atomic E-state index is 6.19. The van der Waals surface area contributed by atoms with E-state index >= 15 is 0 Å². The summed E-state index contributed by atoms with van der Waals surface area (Å²) in [6.07, 6.45) is 0. The van der Waals surface area contributed by atoms with E-state index in [0.717, 1.165) is 67.4 Å². The first-order valence-corrected chi connectivity index (χ1v) is 38.6. The predicted octanol–water partition coefficient (Wildman–Crippen LogP) is 26.3. The third-order valence-electron chi connectivity index (χ3n) is 22.1. The first-order valence-electron chi connectivity index (χ1n) is 37.5. The fourth-order valence-electron chi connectivity index (χ4n) is 16.0.